The summed E-state index contributed by atoms with van der Waals surface area (Å²) in [6.07, 6.45) is 0.473. The second-order valence-corrected chi connectivity index (χ2v) is 2.93. The Bertz CT molecular complexity index is 339. The fourth-order valence-electron chi connectivity index (χ4n) is 1.13. The summed E-state index contributed by atoms with van der Waals surface area (Å²) in [4.78, 5) is 10.8. The molecular formula is C10H12FNO2. The normalized spacial score (nSPS) is 9.86. The first-order valence-corrected chi connectivity index (χ1v) is 4.24. The van der Waals surface area contributed by atoms with E-state index in [2.05, 4.69) is 4.74 Å². The summed E-state index contributed by atoms with van der Waals surface area (Å²) in [7, 11) is 1.30. The van der Waals surface area contributed by atoms with Crippen LogP contribution in [-0.4, -0.2) is 13.1 Å². The van der Waals surface area contributed by atoms with Crippen LogP contribution in [0.25, 0.3) is 0 Å². The Labute approximate surface area is 81.7 Å². The van der Waals surface area contributed by atoms with Crippen molar-refractivity contribution in [2.45, 2.75) is 12.8 Å². The van der Waals surface area contributed by atoms with Crippen molar-refractivity contribution in [1.29, 1.82) is 0 Å². The Balaban J connectivity index is 2.66. The van der Waals surface area contributed by atoms with Crippen LogP contribution in [0.15, 0.2) is 18.2 Å². The molecule has 0 bridgehead atoms. The summed E-state index contributed by atoms with van der Waals surface area (Å²) in [5, 5.41) is 0. The van der Waals surface area contributed by atoms with E-state index in [9.17, 15) is 9.18 Å². The van der Waals surface area contributed by atoms with Crippen LogP contribution in [-0.2, 0) is 16.0 Å². The molecule has 1 aromatic carbocycles. The number of carbonyl (C=O) groups is 1. The molecule has 0 amide bonds. The molecule has 0 spiro atoms. The number of ether oxygens (including phenoxy) is 1. The molecule has 4 heteroatoms. The first-order valence-electron chi connectivity index (χ1n) is 4.24. The van der Waals surface area contributed by atoms with Gasteiger partial charge in [-0.1, -0.05) is 0 Å². The highest BCUT2D eigenvalue weighted by molar-refractivity contribution is 5.69. The van der Waals surface area contributed by atoms with E-state index in [1.54, 1.807) is 0 Å². The molecule has 0 radical (unpaired) electrons. The molecule has 0 atom stereocenters. The summed E-state index contributed by atoms with van der Waals surface area (Å²) < 4.78 is 17.6. The first-order chi connectivity index (χ1) is 6.63. The number of benzene rings is 1. The van der Waals surface area contributed by atoms with E-state index in [-0.39, 0.29) is 18.2 Å². The number of carbonyl (C=O) groups excluding carboxylic acids is 1. The highest BCUT2D eigenvalue weighted by atomic mass is 19.1. The lowest BCUT2D eigenvalue weighted by Gasteiger charge is -2.03. The van der Waals surface area contributed by atoms with Gasteiger partial charge in [-0.15, -0.1) is 0 Å². The topological polar surface area (TPSA) is 52.3 Å². The molecule has 0 aliphatic carbocycles. The predicted molar refractivity (Wildman–Crippen MR) is 51.1 cm³/mol. The number of esters is 1. The van der Waals surface area contributed by atoms with Crippen LogP contribution < -0.4 is 5.73 Å². The summed E-state index contributed by atoms with van der Waals surface area (Å²) >= 11 is 0. The third kappa shape index (κ3) is 2.73. The molecule has 0 fully saturated rings. The van der Waals surface area contributed by atoms with Crippen molar-refractivity contribution in [3.8, 4) is 0 Å². The van der Waals surface area contributed by atoms with Crippen LogP contribution in [0.2, 0.25) is 0 Å². The summed E-state index contributed by atoms with van der Waals surface area (Å²) in [6.45, 7) is 0. The van der Waals surface area contributed by atoms with Crippen LogP contribution in [0.4, 0.5) is 10.1 Å². The highest BCUT2D eigenvalue weighted by Gasteiger charge is 2.06. The molecule has 0 aromatic heterocycles. The van der Waals surface area contributed by atoms with Gasteiger partial charge in [-0.2, -0.15) is 0 Å². The smallest absolute Gasteiger partial charge is 0.305 e. The number of anilines is 1. The molecule has 76 valence electrons. The molecule has 14 heavy (non-hydrogen) atoms. The largest absolute Gasteiger partial charge is 0.469 e. The van der Waals surface area contributed by atoms with Gasteiger partial charge < -0.3 is 10.5 Å². The second kappa shape index (κ2) is 4.60. The summed E-state index contributed by atoms with van der Waals surface area (Å²) in [5.41, 5.74) is 6.42. The van der Waals surface area contributed by atoms with Gasteiger partial charge in [-0.25, -0.2) is 4.39 Å². The van der Waals surface area contributed by atoms with Crippen molar-refractivity contribution in [2.75, 3.05) is 12.8 Å². The number of hydrogen-bond acceptors (Lipinski definition) is 3. The standard InChI is InChI=1S/C10H12FNO2/c1-14-10(13)5-2-7-6-8(12)3-4-9(7)11/h3-4,6H,2,5,12H2,1H3. The second-order valence-electron chi connectivity index (χ2n) is 2.93. The van der Waals surface area contributed by atoms with Gasteiger partial charge in [0.2, 0.25) is 0 Å². The van der Waals surface area contributed by atoms with Crippen LogP contribution in [0.1, 0.15) is 12.0 Å². The number of methoxy groups -OCH3 is 1. The van der Waals surface area contributed by atoms with E-state index in [1.165, 1.54) is 25.3 Å². The van der Waals surface area contributed by atoms with E-state index >= 15 is 0 Å². The van der Waals surface area contributed by atoms with Gasteiger partial charge >= 0.3 is 5.97 Å². The lowest BCUT2D eigenvalue weighted by molar-refractivity contribution is -0.140. The Kier molecular flexibility index (Phi) is 3.45. The van der Waals surface area contributed by atoms with E-state index in [4.69, 9.17) is 5.73 Å². The van der Waals surface area contributed by atoms with Gasteiger partial charge in [0.25, 0.3) is 0 Å². The minimum Gasteiger partial charge on any atom is -0.469 e. The molecule has 0 heterocycles. The van der Waals surface area contributed by atoms with Gasteiger partial charge in [-0.05, 0) is 30.2 Å². The number of hydrogen-bond donors (Lipinski definition) is 1. The molecule has 0 aliphatic heterocycles. The molecule has 2 N–H and O–H groups in total. The van der Waals surface area contributed by atoms with Gasteiger partial charge in [0.1, 0.15) is 5.82 Å². The SMILES string of the molecule is COC(=O)CCc1cc(N)ccc1F. The highest BCUT2D eigenvalue weighted by Crippen LogP contribution is 2.13. The van der Waals surface area contributed by atoms with Crippen LogP contribution in [0.3, 0.4) is 0 Å². The number of nitrogen functional groups attached to an aromatic ring is 1. The summed E-state index contributed by atoms with van der Waals surface area (Å²) in [5.74, 6) is -0.699. The minimum absolute atomic E-state index is 0.164. The van der Waals surface area contributed by atoms with Gasteiger partial charge in [0.05, 0.1) is 7.11 Å². The van der Waals surface area contributed by atoms with Gasteiger partial charge in [0.15, 0.2) is 0 Å². The van der Waals surface area contributed by atoms with Crippen molar-refractivity contribution >= 4 is 11.7 Å². The van der Waals surface area contributed by atoms with E-state index in [0.717, 1.165) is 0 Å². The third-order valence-electron chi connectivity index (χ3n) is 1.90. The zero-order valence-corrected chi connectivity index (χ0v) is 7.92. The molecule has 0 saturated carbocycles. The quantitative estimate of drug-likeness (QED) is 0.590. The molecule has 0 aliphatic rings. The maximum Gasteiger partial charge on any atom is 0.305 e. The van der Waals surface area contributed by atoms with E-state index < -0.39 is 0 Å². The zero-order valence-electron chi connectivity index (χ0n) is 7.92. The Morgan fingerprint density at radius 3 is 2.93 bits per heavy atom. The van der Waals surface area contributed by atoms with Crippen LogP contribution in [0, 0.1) is 5.82 Å². The molecule has 0 saturated heterocycles. The Morgan fingerprint density at radius 1 is 1.57 bits per heavy atom. The average molecular weight is 197 g/mol. The monoisotopic (exact) mass is 197 g/mol. The molecule has 1 rings (SSSR count). The fourth-order valence-corrected chi connectivity index (χ4v) is 1.13. The number of aryl methyl sites for hydroxylation is 1. The molecular weight excluding hydrogens is 185 g/mol. The number of rotatable bonds is 3. The first kappa shape index (κ1) is 10.5. The minimum atomic E-state index is -0.355. The van der Waals surface area contributed by atoms with Gasteiger partial charge in [0, 0.05) is 12.1 Å². The average Bonchev–Trinajstić information content (AvgIpc) is 2.19. The lowest BCUT2D eigenvalue weighted by Crippen LogP contribution is -2.03. The van der Waals surface area contributed by atoms with Crippen molar-refractivity contribution in [3.05, 3.63) is 29.6 Å². The predicted octanol–water partition coefficient (Wildman–Crippen LogP) is 1.51. The number of halogens is 1. The zero-order chi connectivity index (χ0) is 10.6. The lowest BCUT2D eigenvalue weighted by atomic mass is 10.1. The van der Waals surface area contributed by atoms with Crippen LogP contribution >= 0.6 is 0 Å². The van der Waals surface area contributed by atoms with Crippen molar-refractivity contribution in [1.82, 2.24) is 0 Å². The van der Waals surface area contributed by atoms with E-state index in [1.807, 2.05) is 0 Å². The molecule has 3 nitrogen and oxygen atoms in total. The third-order valence-corrected chi connectivity index (χ3v) is 1.90. The Hall–Kier alpha value is -1.58. The fraction of sp³-hybridized carbons (Fsp3) is 0.300. The summed E-state index contributed by atoms with van der Waals surface area (Å²) in [6, 6.07) is 4.30. The van der Waals surface area contributed by atoms with Crippen molar-refractivity contribution in [3.63, 3.8) is 0 Å². The van der Waals surface area contributed by atoms with Gasteiger partial charge in [-0.3, -0.25) is 4.79 Å². The molecule has 1 aromatic rings. The van der Waals surface area contributed by atoms with Crippen molar-refractivity contribution < 1.29 is 13.9 Å². The maximum atomic E-state index is 13.1. The number of nitrogens with two attached hydrogens (primary N) is 1. The van der Waals surface area contributed by atoms with Crippen LogP contribution in [0.5, 0.6) is 0 Å². The molecule has 0 unspecified atom stereocenters. The Morgan fingerprint density at radius 2 is 2.29 bits per heavy atom. The van der Waals surface area contributed by atoms with Crippen molar-refractivity contribution in [2.24, 2.45) is 0 Å². The van der Waals surface area contributed by atoms with E-state index in [0.29, 0.717) is 17.7 Å². The maximum absolute atomic E-state index is 13.1.